The Morgan fingerprint density at radius 1 is 1.20 bits per heavy atom. The van der Waals surface area contributed by atoms with Gasteiger partial charge in [0.2, 0.25) is 0 Å². The largest absolute Gasteiger partial charge is 0.379 e. The minimum Gasteiger partial charge on any atom is -0.379 e. The molecule has 0 radical (unpaired) electrons. The van der Waals surface area contributed by atoms with E-state index in [1.165, 1.54) is 5.69 Å². The number of nitriles is 1. The fourth-order valence-corrected chi connectivity index (χ4v) is 3.20. The molecule has 0 spiro atoms. The Morgan fingerprint density at radius 3 is 2.60 bits per heavy atom. The highest BCUT2D eigenvalue weighted by Crippen LogP contribution is 2.34. The number of hydrogen-bond acceptors (Lipinski definition) is 3. The Bertz CT molecular complexity index is 674. The van der Waals surface area contributed by atoms with E-state index < -0.39 is 0 Å². The fraction of sp³-hybridized carbons (Fsp3) is 0.353. The van der Waals surface area contributed by atoms with Crippen LogP contribution in [0.25, 0.3) is 10.8 Å². The molecular formula is C17H18N2O. The van der Waals surface area contributed by atoms with Crippen molar-refractivity contribution < 1.29 is 4.74 Å². The quantitative estimate of drug-likeness (QED) is 0.836. The molecule has 2 aromatic rings. The van der Waals surface area contributed by atoms with Crippen LogP contribution in [-0.2, 0) is 4.74 Å². The fourth-order valence-electron chi connectivity index (χ4n) is 3.20. The number of benzene rings is 2. The summed E-state index contributed by atoms with van der Waals surface area (Å²) < 4.78 is 5.54. The van der Waals surface area contributed by atoms with Gasteiger partial charge in [-0.15, -0.1) is 0 Å². The second kappa shape index (κ2) is 5.15. The van der Waals surface area contributed by atoms with E-state index in [1.807, 2.05) is 24.3 Å². The zero-order valence-electron chi connectivity index (χ0n) is 11.8. The molecule has 0 saturated carbocycles. The summed E-state index contributed by atoms with van der Waals surface area (Å²) in [5.41, 5.74) is 1.94. The van der Waals surface area contributed by atoms with E-state index in [1.54, 1.807) is 7.11 Å². The van der Waals surface area contributed by atoms with Gasteiger partial charge in [0.15, 0.2) is 0 Å². The second-order valence-electron chi connectivity index (χ2n) is 5.29. The van der Waals surface area contributed by atoms with E-state index in [2.05, 4.69) is 30.0 Å². The lowest BCUT2D eigenvalue weighted by molar-refractivity contribution is 0.0998. The molecule has 0 N–H and O–H groups in total. The summed E-state index contributed by atoms with van der Waals surface area (Å²) in [4.78, 5) is 2.39. The van der Waals surface area contributed by atoms with Crippen molar-refractivity contribution in [3.63, 3.8) is 0 Å². The standard InChI is InChI=1S/C17H18N2O/c1-12-17(20-2)9-10-19(12)16-8-7-13(11-18)14-5-3-4-6-15(14)16/h3-8,12,17H,9-10H2,1-2H3. The Hall–Kier alpha value is -2.05. The average molecular weight is 266 g/mol. The SMILES string of the molecule is COC1CCN(c2ccc(C#N)c3ccccc23)C1C. The molecule has 3 nitrogen and oxygen atoms in total. The number of anilines is 1. The third-order valence-electron chi connectivity index (χ3n) is 4.32. The van der Waals surface area contributed by atoms with Crippen LogP contribution >= 0.6 is 0 Å². The van der Waals surface area contributed by atoms with E-state index in [9.17, 15) is 5.26 Å². The van der Waals surface area contributed by atoms with Crippen molar-refractivity contribution in [3.05, 3.63) is 42.0 Å². The molecule has 1 heterocycles. The van der Waals surface area contributed by atoms with Crippen LogP contribution < -0.4 is 4.90 Å². The minimum absolute atomic E-state index is 0.282. The highest BCUT2D eigenvalue weighted by atomic mass is 16.5. The molecule has 1 fully saturated rings. The van der Waals surface area contributed by atoms with Crippen LogP contribution in [0.4, 0.5) is 5.69 Å². The number of rotatable bonds is 2. The van der Waals surface area contributed by atoms with Crippen LogP contribution in [0.5, 0.6) is 0 Å². The van der Waals surface area contributed by atoms with E-state index >= 15 is 0 Å². The Morgan fingerprint density at radius 2 is 1.95 bits per heavy atom. The number of nitrogens with zero attached hydrogens (tertiary/aromatic N) is 2. The number of methoxy groups -OCH3 is 1. The van der Waals surface area contributed by atoms with Gasteiger partial charge in [0, 0.05) is 30.1 Å². The molecule has 3 heteroatoms. The number of ether oxygens (including phenoxy) is 1. The predicted molar refractivity (Wildman–Crippen MR) is 80.9 cm³/mol. The molecule has 0 amide bonds. The number of fused-ring (bicyclic) bond motifs is 1. The van der Waals surface area contributed by atoms with Crippen LogP contribution in [0, 0.1) is 11.3 Å². The minimum atomic E-state index is 0.282. The molecule has 0 aliphatic carbocycles. The first kappa shape index (κ1) is 13.0. The van der Waals surface area contributed by atoms with E-state index in [0.717, 1.165) is 29.3 Å². The molecule has 1 aliphatic heterocycles. The first-order chi connectivity index (χ1) is 9.76. The summed E-state index contributed by atoms with van der Waals surface area (Å²) in [6.45, 7) is 3.20. The van der Waals surface area contributed by atoms with Crippen molar-refractivity contribution in [2.24, 2.45) is 0 Å². The highest BCUT2D eigenvalue weighted by Gasteiger charge is 2.31. The molecule has 2 unspecified atom stereocenters. The van der Waals surface area contributed by atoms with Gasteiger partial charge in [0.1, 0.15) is 0 Å². The lowest BCUT2D eigenvalue weighted by Crippen LogP contribution is -2.33. The maximum Gasteiger partial charge on any atom is 0.0998 e. The third kappa shape index (κ3) is 1.93. The Balaban J connectivity index is 2.12. The lowest BCUT2D eigenvalue weighted by Gasteiger charge is -2.27. The van der Waals surface area contributed by atoms with Crippen molar-refractivity contribution >= 4 is 16.5 Å². The van der Waals surface area contributed by atoms with Crippen LogP contribution in [0.2, 0.25) is 0 Å². The Kier molecular flexibility index (Phi) is 3.33. The van der Waals surface area contributed by atoms with Gasteiger partial charge in [0.25, 0.3) is 0 Å². The average Bonchev–Trinajstić information content (AvgIpc) is 2.87. The molecule has 3 rings (SSSR count). The summed E-state index contributed by atoms with van der Waals surface area (Å²) in [6, 6.07) is 14.7. The smallest absolute Gasteiger partial charge is 0.0998 e. The zero-order chi connectivity index (χ0) is 14.1. The van der Waals surface area contributed by atoms with Gasteiger partial charge in [0.05, 0.1) is 23.8 Å². The first-order valence-corrected chi connectivity index (χ1v) is 6.97. The monoisotopic (exact) mass is 266 g/mol. The second-order valence-corrected chi connectivity index (χ2v) is 5.29. The van der Waals surface area contributed by atoms with Crippen molar-refractivity contribution in [1.29, 1.82) is 5.26 Å². The summed E-state index contributed by atoms with van der Waals surface area (Å²) in [7, 11) is 1.78. The van der Waals surface area contributed by atoms with E-state index in [4.69, 9.17) is 4.74 Å². The molecule has 2 aromatic carbocycles. The normalized spacial score (nSPS) is 22.1. The van der Waals surface area contributed by atoms with Crippen LogP contribution in [0.15, 0.2) is 36.4 Å². The third-order valence-corrected chi connectivity index (χ3v) is 4.32. The first-order valence-electron chi connectivity index (χ1n) is 6.97. The summed E-state index contributed by atoms with van der Waals surface area (Å²) in [5, 5.41) is 11.4. The van der Waals surface area contributed by atoms with E-state index in [0.29, 0.717) is 6.04 Å². The summed E-state index contributed by atoms with van der Waals surface area (Å²) >= 11 is 0. The van der Waals surface area contributed by atoms with Crippen molar-refractivity contribution in [2.45, 2.75) is 25.5 Å². The predicted octanol–water partition coefficient (Wildman–Crippen LogP) is 3.33. The van der Waals surface area contributed by atoms with E-state index in [-0.39, 0.29) is 6.10 Å². The molecule has 20 heavy (non-hydrogen) atoms. The molecule has 102 valence electrons. The lowest BCUT2D eigenvalue weighted by atomic mass is 10.0. The highest BCUT2D eigenvalue weighted by molar-refractivity contribution is 5.98. The topological polar surface area (TPSA) is 36.3 Å². The summed E-state index contributed by atoms with van der Waals surface area (Å²) in [5.74, 6) is 0. The van der Waals surface area contributed by atoms with Crippen LogP contribution in [-0.4, -0.2) is 25.8 Å². The van der Waals surface area contributed by atoms with Crippen LogP contribution in [0.3, 0.4) is 0 Å². The zero-order valence-corrected chi connectivity index (χ0v) is 11.8. The van der Waals surface area contributed by atoms with Gasteiger partial charge >= 0.3 is 0 Å². The van der Waals surface area contributed by atoms with Gasteiger partial charge < -0.3 is 9.64 Å². The van der Waals surface area contributed by atoms with Gasteiger partial charge in [-0.2, -0.15) is 5.26 Å². The van der Waals surface area contributed by atoms with Gasteiger partial charge in [-0.05, 0) is 25.5 Å². The van der Waals surface area contributed by atoms with Crippen molar-refractivity contribution in [3.8, 4) is 6.07 Å². The van der Waals surface area contributed by atoms with Gasteiger partial charge in [-0.25, -0.2) is 0 Å². The van der Waals surface area contributed by atoms with Gasteiger partial charge in [-0.1, -0.05) is 24.3 Å². The molecule has 2 atom stereocenters. The van der Waals surface area contributed by atoms with Crippen LogP contribution in [0.1, 0.15) is 18.9 Å². The Labute approximate surface area is 119 Å². The number of hydrogen-bond donors (Lipinski definition) is 0. The maximum atomic E-state index is 9.24. The summed E-state index contributed by atoms with van der Waals surface area (Å²) in [6.07, 6.45) is 1.33. The maximum absolute atomic E-state index is 9.24. The molecule has 1 aliphatic rings. The molecular weight excluding hydrogens is 248 g/mol. The van der Waals surface area contributed by atoms with Gasteiger partial charge in [-0.3, -0.25) is 0 Å². The molecule has 1 saturated heterocycles. The molecule has 0 bridgehead atoms. The molecule has 0 aromatic heterocycles. The van der Waals surface area contributed by atoms with Crippen molar-refractivity contribution in [2.75, 3.05) is 18.6 Å². The van der Waals surface area contributed by atoms with Crippen molar-refractivity contribution in [1.82, 2.24) is 0 Å².